The minimum atomic E-state index is 0.359. The van der Waals surface area contributed by atoms with Gasteiger partial charge < -0.3 is 4.74 Å². The predicted octanol–water partition coefficient (Wildman–Crippen LogP) is 2.52. The molecule has 0 radical (unpaired) electrons. The van der Waals surface area contributed by atoms with Gasteiger partial charge in [-0.1, -0.05) is 13.8 Å². The maximum atomic E-state index is 10.9. The Balaban J connectivity index is 3.25. The molecule has 3 nitrogen and oxygen atoms in total. The number of ether oxygens (including phenoxy) is 1. The quantitative estimate of drug-likeness (QED) is 0.716. The van der Waals surface area contributed by atoms with E-state index >= 15 is 0 Å². The Labute approximate surface area is 95.4 Å². The van der Waals surface area contributed by atoms with Gasteiger partial charge in [0.2, 0.25) is 0 Å². The van der Waals surface area contributed by atoms with Gasteiger partial charge in [-0.3, -0.25) is 9.59 Å². The van der Waals surface area contributed by atoms with Crippen LogP contribution >= 0.6 is 0 Å². The number of carbonyl (C=O) groups is 2. The van der Waals surface area contributed by atoms with Crippen LogP contribution < -0.4 is 4.74 Å². The predicted molar refractivity (Wildman–Crippen MR) is 62.3 cm³/mol. The molecule has 0 aliphatic rings. The molecule has 1 aromatic carbocycles. The molecule has 0 N–H and O–H groups in total. The maximum Gasteiger partial charge on any atom is 0.153 e. The minimum Gasteiger partial charge on any atom is -0.495 e. The fraction of sp³-hybridized carbons (Fsp3) is 0.385. The van der Waals surface area contributed by atoms with Crippen LogP contribution in [-0.4, -0.2) is 19.7 Å². The number of benzene rings is 1. The lowest BCUT2D eigenvalue weighted by atomic mass is 9.98. The Hall–Kier alpha value is -1.64. The third-order valence-electron chi connectivity index (χ3n) is 2.31. The van der Waals surface area contributed by atoms with Crippen molar-refractivity contribution in [3.63, 3.8) is 0 Å². The first kappa shape index (κ1) is 12.4. The molecule has 0 aromatic heterocycles. The molecular formula is C13H16O3. The number of aldehydes is 2. The molecule has 1 aromatic rings. The second-order valence-electron chi connectivity index (χ2n) is 4.14. The van der Waals surface area contributed by atoms with Crippen LogP contribution in [0.1, 0.15) is 40.1 Å². The van der Waals surface area contributed by atoms with E-state index in [1.807, 2.05) is 0 Å². The molecule has 0 saturated carbocycles. The molecule has 0 amide bonds. The molecule has 3 heteroatoms. The molecule has 0 aliphatic heterocycles. The van der Waals surface area contributed by atoms with Gasteiger partial charge in [0.15, 0.2) is 12.6 Å². The molecule has 0 heterocycles. The van der Waals surface area contributed by atoms with Crippen LogP contribution in [0.4, 0.5) is 0 Å². The second kappa shape index (κ2) is 5.45. The number of hydrogen-bond acceptors (Lipinski definition) is 3. The zero-order chi connectivity index (χ0) is 12.1. The number of hydrogen-bond donors (Lipinski definition) is 0. The monoisotopic (exact) mass is 220 g/mol. The van der Waals surface area contributed by atoms with E-state index < -0.39 is 0 Å². The summed E-state index contributed by atoms with van der Waals surface area (Å²) in [7, 11) is 1.46. The summed E-state index contributed by atoms with van der Waals surface area (Å²) in [6, 6.07) is 3.55. The molecule has 0 spiro atoms. The van der Waals surface area contributed by atoms with Crippen LogP contribution in [0, 0.1) is 5.92 Å². The minimum absolute atomic E-state index is 0.359. The van der Waals surface area contributed by atoms with Crippen molar-refractivity contribution >= 4 is 12.6 Å². The molecule has 0 aliphatic carbocycles. The highest BCUT2D eigenvalue weighted by molar-refractivity contribution is 5.89. The summed E-state index contributed by atoms with van der Waals surface area (Å²) < 4.78 is 5.06. The van der Waals surface area contributed by atoms with Gasteiger partial charge in [-0.15, -0.1) is 0 Å². The third-order valence-corrected chi connectivity index (χ3v) is 2.31. The van der Waals surface area contributed by atoms with Crippen LogP contribution in [0.15, 0.2) is 12.1 Å². The molecular weight excluding hydrogens is 204 g/mol. The molecule has 0 atom stereocenters. The molecule has 0 fully saturated rings. The second-order valence-corrected chi connectivity index (χ2v) is 4.14. The van der Waals surface area contributed by atoms with Crippen molar-refractivity contribution in [3.8, 4) is 5.75 Å². The standard InChI is InChI=1S/C13H16O3/c1-9(2)4-10-5-11(7-14)13(16-3)12(6-10)8-15/h5-9H,4H2,1-3H3. The van der Waals surface area contributed by atoms with E-state index in [9.17, 15) is 9.59 Å². The van der Waals surface area contributed by atoms with Crippen molar-refractivity contribution in [1.29, 1.82) is 0 Å². The van der Waals surface area contributed by atoms with Gasteiger partial charge in [-0.05, 0) is 30.0 Å². The Bertz CT molecular complexity index is 365. The largest absolute Gasteiger partial charge is 0.495 e. The van der Waals surface area contributed by atoms with Gasteiger partial charge in [0.05, 0.1) is 18.2 Å². The first-order valence-corrected chi connectivity index (χ1v) is 5.23. The van der Waals surface area contributed by atoms with Crippen LogP contribution in [0.5, 0.6) is 5.75 Å². The first-order chi connectivity index (χ1) is 7.62. The summed E-state index contributed by atoms with van der Waals surface area (Å²) >= 11 is 0. The lowest BCUT2D eigenvalue weighted by Gasteiger charge is -2.11. The summed E-state index contributed by atoms with van der Waals surface area (Å²) in [5.74, 6) is 0.838. The van der Waals surface area contributed by atoms with E-state index in [-0.39, 0.29) is 0 Å². The fourth-order valence-electron chi connectivity index (χ4n) is 1.74. The van der Waals surface area contributed by atoms with Gasteiger partial charge in [-0.2, -0.15) is 0 Å². The molecule has 1 rings (SSSR count). The van der Waals surface area contributed by atoms with Gasteiger partial charge >= 0.3 is 0 Å². The van der Waals surface area contributed by atoms with Crippen molar-refractivity contribution in [1.82, 2.24) is 0 Å². The first-order valence-electron chi connectivity index (χ1n) is 5.23. The Morgan fingerprint density at radius 3 is 2.00 bits per heavy atom. The third kappa shape index (κ3) is 2.69. The van der Waals surface area contributed by atoms with Crippen molar-refractivity contribution < 1.29 is 14.3 Å². The smallest absolute Gasteiger partial charge is 0.153 e. The van der Waals surface area contributed by atoms with Crippen molar-refractivity contribution in [2.24, 2.45) is 5.92 Å². The number of methoxy groups -OCH3 is 1. The maximum absolute atomic E-state index is 10.9. The molecule has 16 heavy (non-hydrogen) atoms. The average Bonchev–Trinajstić information content (AvgIpc) is 2.26. The molecule has 0 saturated heterocycles. The van der Waals surface area contributed by atoms with Crippen molar-refractivity contribution in [3.05, 3.63) is 28.8 Å². The molecule has 86 valence electrons. The molecule has 0 unspecified atom stereocenters. The highest BCUT2D eigenvalue weighted by Crippen LogP contribution is 2.24. The lowest BCUT2D eigenvalue weighted by Crippen LogP contribution is -2.01. The van der Waals surface area contributed by atoms with Gasteiger partial charge in [0, 0.05) is 0 Å². The highest BCUT2D eigenvalue weighted by atomic mass is 16.5. The SMILES string of the molecule is COc1c(C=O)cc(CC(C)C)cc1C=O. The summed E-state index contributed by atoms with van der Waals surface area (Å²) in [6.45, 7) is 4.18. The van der Waals surface area contributed by atoms with Gasteiger partial charge in [-0.25, -0.2) is 0 Å². The Morgan fingerprint density at radius 2 is 1.69 bits per heavy atom. The van der Waals surface area contributed by atoms with E-state index in [0.29, 0.717) is 22.8 Å². The summed E-state index contributed by atoms with van der Waals surface area (Å²) in [5, 5.41) is 0. The summed E-state index contributed by atoms with van der Waals surface area (Å²) in [4.78, 5) is 21.8. The van der Waals surface area contributed by atoms with Gasteiger partial charge in [0.1, 0.15) is 5.75 Å². The van der Waals surface area contributed by atoms with Crippen LogP contribution in [-0.2, 0) is 6.42 Å². The van der Waals surface area contributed by atoms with Crippen LogP contribution in [0.25, 0.3) is 0 Å². The lowest BCUT2D eigenvalue weighted by molar-refractivity contribution is 0.111. The Kier molecular flexibility index (Phi) is 4.23. The van der Waals surface area contributed by atoms with E-state index in [1.54, 1.807) is 12.1 Å². The van der Waals surface area contributed by atoms with E-state index in [1.165, 1.54) is 7.11 Å². The Morgan fingerprint density at radius 1 is 1.19 bits per heavy atom. The molecule has 0 bridgehead atoms. The van der Waals surface area contributed by atoms with Crippen LogP contribution in [0.2, 0.25) is 0 Å². The summed E-state index contributed by atoms with van der Waals surface area (Å²) in [6.07, 6.45) is 2.27. The normalized spacial score (nSPS) is 10.2. The van der Waals surface area contributed by atoms with E-state index in [0.717, 1.165) is 24.6 Å². The van der Waals surface area contributed by atoms with E-state index in [4.69, 9.17) is 4.74 Å². The fourth-order valence-corrected chi connectivity index (χ4v) is 1.74. The van der Waals surface area contributed by atoms with E-state index in [2.05, 4.69) is 13.8 Å². The zero-order valence-electron chi connectivity index (χ0n) is 9.82. The number of rotatable bonds is 5. The van der Waals surface area contributed by atoms with Crippen LogP contribution in [0.3, 0.4) is 0 Å². The topological polar surface area (TPSA) is 43.4 Å². The summed E-state index contributed by atoms with van der Waals surface area (Å²) in [5.41, 5.74) is 1.85. The van der Waals surface area contributed by atoms with Gasteiger partial charge in [0.25, 0.3) is 0 Å². The van der Waals surface area contributed by atoms with Crippen molar-refractivity contribution in [2.75, 3.05) is 7.11 Å². The van der Waals surface area contributed by atoms with Crippen molar-refractivity contribution in [2.45, 2.75) is 20.3 Å². The zero-order valence-corrected chi connectivity index (χ0v) is 9.82. The average molecular weight is 220 g/mol. The highest BCUT2D eigenvalue weighted by Gasteiger charge is 2.11. The number of carbonyl (C=O) groups excluding carboxylic acids is 2.